The van der Waals surface area contributed by atoms with Crippen molar-refractivity contribution in [2.24, 2.45) is 0 Å². The van der Waals surface area contributed by atoms with E-state index in [2.05, 4.69) is 45.3 Å². The van der Waals surface area contributed by atoms with Crippen LogP contribution >= 0.6 is 15.9 Å². The highest BCUT2D eigenvalue weighted by atomic mass is 79.9. The van der Waals surface area contributed by atoms with Crippen LogP contribution in [0.3, 0.4) is 0 Å². The third-order valence-electron chi connectivity index (χ3n) is 3.62. The zero-order valence-corrected chi connectivity index (χ0v) is 12.7. The summed E-state index contributed by atoms with van der Waals surface area (Å²) in [5.74, 6) is 0.896. The van der Waals surface area contributed by atoms with E-state index >= 15 is 0 Å². The van der Waals surface area contributed by atoms with Crippen LogP contribution in [-0.4, -0.2) is 38.2 Å². The van der Waals surface area contributed by atoms with Gasteiger partial charge < -0.3 is 10.1 Å². The van der Waals surface area contributed by atoms with Crippen molar-refractivity contribution < 1.29 is 4.74 Å². The summed E-state index contributed by atoms with van der Waals surface area (Å²) in [4.78, 5) is 2.52. The highest BCUT2D eigenvalue weighted by Gasteiger charge is 2.17. The molecule has 3 nitrogen and oxygen atoms in total. The Labute approximate surface area is 118 Å². The minimum atomic E-state index is 0.698. The van der Waals surface area contributed by atoms with Crippen molar-refractivity contribution in [1.82, 2.24) is 10.2 Å². The van der Waals surface area contributed by atoms with Crippen LogP contribution in [0.5, 0.6) is 5.75 Å². The van der Waals surface area contributed by atoms with E-state index in [0.717, 1.165) is 16.8 Å². The molecule has 0 spiro atoms. The molecule has 0 radical (unpaired) electrons. The fourth-order valence-corrected chi connectivity index (χ4v) is 3.03. The van der Waals surface area contributed by atoms with Gasteiger partial charge in [0.1, 0.15) is 5.75 Å². The average molecular weight is 313 g/mol. The molecule has 4 heteroatoms. The Bertz CT molecular complexity index is 389. The summed E-state index contributed by atoms with van der Waals surface area (Å²) in [6, 6.07) is 7.03. The molecule has 0 amide bonds. The fraction of sp³-hybridized carbons (Fsp3) is 0.571. The molecule has 1 heterocycles. The van der Waals surface area contributed by atoms with Gasteiger partial charge in [-0.1, -0.05) is 6.07 Å². The molecule has 100 valence electrons. The molecule has 0 unspecified atom stereocenters. The van der Waals surface area contributed by atoms with Gasteiger partial charge in [-0.15, -0.1) is 0 Å². The highest BCUT2D eigenvalue weighted by Crippen LogP contribution is 2.26. The maximum absolute atomic E-state index is 5.25. The lowest BCUT2D eigenvalue weighted by molar-refractivity contribution is 0.194. The molecule has 1 N–H and O–H groups in total. The van der Waals surface area contributed by atoms with Gasteiger partial charge in [-0.25, -0.2) is 0 Å². The Morgan fingerprint density at radius 2 is 2.11 bits per heavy atom. The van der Waals surface area contributed by atoms with Gasteiger partial charge in [0, 0.05) is 12.6 Å². The number of nitrogens with zero attached hydrogens (tertiary/aromatic N) is 1. The van der Waals surface area contributed by atoms with Crippen LogP contribution in [0.15, 0.2) is 22.7 Å². The van der Waals surface area contributed by atoms with E-state index in [9.17, 15) is 0 Å². The molecule has 1 fully saturated rings. The molecule has 1 saturated heterocycles. The smallest absolute Gasteiger partial charge is 0.133 e. The Hall–Kier alpha value is -0.580. The number of halogens is 1. The Morgan fingerprint density at radius 3 is 2.67 bits per heavy atom. The van der Waals surface area contributed by atoms with Crippen molar-refractivity contribution in [3.8, 4) is 5.75 Å². The summed E-state index contributed by atoms with van der Waals surface area (Å²) < 4.78 is 6.28. The van der Waals surface area contributed by atoms with Crippen LogP contribution in [-0.2, 0) is 6.54 Å². The van der Waals surface area contributed by atoms with E-state index in [1.54, 1.807) is 7.11 Å². The van der Waals surface area contributed by atoms with Crippen LogP contribution in [0.25, 0.3) is 0 Å². The van der Waals surface area contributed by atoms with Gasteiger partial charge in [-0.05, 0) is 66.6 Å². The van der Waals surface area contributed by atoms with Gasteiger partial charge >= 0.3 is 0 Å². The Balaban J connectivity index is 1.92. The largest absolute Gasteiger partial charge is 0.496 e. The van der Waals surface area contributed by atoms with E-state index in [0.29, 0.717) is 6.04 Å². The number of nitrogens with one attached hydrogen (secondary N) is 1. The first-order chi connectivity index (χ1) is 8.72. The van der Waals surface area contributed by atoms with E-state index in [4.69, 9.17) is 4.74 Å². The first kappa shape index (κ1) is 13.8. The highest BCUT2D eigenvalue weighted by molar-refractivity contribution is 9.10. The van der Waals surface area contributed by atoms with Crippen LogP contribution in [0.1, 0.15) is 18.4 Å². The number of ether oxygens (including phenoxy) is 1. The quantitative estimate of drug-likeness (QED) is 0.925. The monoisotopic (exact) mass is 312 g/mol. The van der Waals surface area contributed by atoms with Crippen LogP contribution < -0.4 is 10.1 Å². The molecule has 0 bridgehead atoms. The van der Waals surface area contributed by atoms with E-state index in [1.165, 1.54) is 31.5 Å². The second-order valence-corrected chi connectivity index (χ2v) is 5.66. The molecular weight excluding hydrogens is 292 g/mol. The summed E-state index contributed by atoms with van der Waals surface area (Å²) >= 11 is 3.54. The molecule has 0 saturated carbocycles. The predicted molar refractivity (Wildman–Crippen MR) is 78.1 cm³/mol. The second kappa shape index (κ2) is 6.55. The Morgan fingerprint density at radius 1 is 1.39 bits per heavy atom. The standard InChI is InChI=1S/C14H21BrN2O/c1-16-12-5-7-17(8-6-12)10-11-3-4-14(18-2)13(15)9-11/h3-4,9,12,16H,5-8,10H2,1-2H3. The number of methoxy groups -OCH3 is 1. The van der Waals surface area contributed by atoms with E-state index in [-0.39, 0.29) is 0 Å². The molecule has 2 rings (SSSR count). The lowest BCUT2D eigenvalue weighted by atomic mass is 10.0. The maximum Gasteiger partial charge on any atom is 0.133 e. The van der Waals surface area contributed by atoms with Crippen LogP contribution in [0.4, 0.5) is 0 Å². The van der Waals surface area contributed by atoms with E-state index in [1.807, 2.05) is 6.07 Å². The van der Waals surface area contributed by atoms with Crippen molar-refractivity contribution in [1.29, 1.82) is 0 Å². The first-order valence-electron chi connectivity index (χ1n) is 6.45. The fourth-order valence-electron chi connectivity index (χ4n) is 2.45. The van der Waals surface area contributed by atoms with E-state index < -0.39 is 0 Å². The number of likely N-dealkylation sites (tertiary alicyclic amines) is 1. The Kier molecular flexibility index (Phi) is 5.03. The van der Waals surface area contributed by atoms with Crippen molar-refractivity contribution in [2.75, 3.05) is 27.2 Å². The van der Waals surface area contributed by atoms with Crippen molar-refractivity contribution in [3.63, 3.8) is 0 Å². The third kappa shape index (κ3) is 3.46. The van der Waals surface area contributed by atoms with Crippen molar-refractivity contribution in [2.45, 2.75) is 25.4 Å². The van der Waals surface area contributed by atoms with Gasteiger partial charge in [-0.3, -0.25) is 4.90 Å². The van der Waals surface area contributed by atoms with Gasteiger partial charge in [-0.2, -0.15) is 0 Å². The molecule has 1 aliphatic rings. The maximum atomic E-state index is 5.25. The molecule has 18 heavy (non-hydrogen) atoms. The lowest BCUT2D eigenvalue weighted by Crippen LogP contribution is -2.40. The zero-order chi connectivity index (χ0) is 13.0. The lowest BCUT2D eigenvalue weighted by Gasteiger charge is -2.31. The molecule has 0 aliphatic carbocycles. The van der Waals surface area contributed by atoms with Gasteiger partial charge in [0.25, 0.3) is 0 Å². The topological polar surface area (TPSA) is 24.5 Å². The van der Waals surface area contributed by atoms with Crippen LogP contribution in [0.2, 0.25) is 0 Å². The molecule has 0 atom stereocenters. The summed E-state index contributed by atoms with van der Waals surface area (Å²) in [5, 5.41) is 3.36. The SMILES string of the molecule is CNC1CCN(Cc2ccc(OC)c(Br)c2)CC1. The van der Waals surface area contributed by atoms with Crippen molar-refractivity contribution >= 4 is 15.9 Å². The zero-order valence-electron chi connectivity index (χ0n) is 11.1. The van der Waals surface area contributed by atoms with Gasteiger partial charge in [0.05, 0.1) is 11.6 Å². The summed E-state index contributed by atoms with van der Waals surface area (Å²) in [6.07, 6.45) is 2.49. The molecule has 0 aromatic heterocycles. The number of hydrogen-bond acceptors (Lipinski definition) is 3. The minimum absolute atomic E-state index is 0.698. The van der Waals surface area contributed by atoms with Crippen molar-refractivity contribution in [3.05, 3.63) is 28.2 Å². The number of piperidine rings is 1. The minimum Gasteiger partial charge on any atom is -0.496 e. The predicted octanol–water partition coefficient (Wildman–Crippen LogP) is 2.64. The van der Waals surface area contributed by atoms with Gasteiger partial charge in [0.15, 0.2) is 0 Å². The number of hydrogen-bond donors (Lipinski definition) is 1. The average Bonchev–Trinajstić information content (AvgIpc) is 2.40. The summed E-state index contributed by atoms with van der Waals surface area (Å²) in [6.45, 7) is 3.38. The molecule has 1 aliphatic heterocycles. The van der Waals surface area contributed by atoms with Gasteiger partial charge in [0.2, 0.25) is 0 Å². The first-order valence-corrected chi connectivity index (χ1v) is 7.24. The normalized spacial score (nSPS) is 17.9. The summed E-state index contributed by atoms with van der Waals surface area (Å²) in [7, 11) is 3.75. The molecule has 1 aromatic rings. The number of rotatable bonds is 4. The second-order valence-electron chi connectivity index (χ2n) is 4.81. The third-order valence-corrected chi connectivity index (χ3v) is 4.24. The summed E-state index contributed by atoms with van der Waals surface area (Å²) in [5.41, 5.74) is 1.34. The van der Waals surface area contributed by atoms with Crippen LogP contribution in [0, 0.1) is 0 Å². The molecular formula is C14H21BrN2O. The number of benzene rings is 1. The molecule has 1 aromatic carbocycles.